The smallest absolute Gasteiger partial charge is 0.330 e. The maximum absolute atomic E-state index is 12.2. The molecule has 0 bridgehead atoms. The van der Waals surface area contributed by atoms with E-state index in [2.05, 4.69) is 5.32 Å². The average Bonchev–Trinajstić information content (AvgIpc) is 3.28. The van der Waals surface area contributed by atoms with Crippen molar-refractivity contribution in [2.75, 3.05) is 7.05 Å². The molecular weight excluding hydrogens is 256 g/mol. The van der Waals surface area contributed by atoms with E-state index in [1.807, 2.05) is 13.0 Å². The number of rotatable bonds is 5. The number of nitrogens with one attached hydrogen (secondary N) is 1. The summed E-state index contributed by atoms with van der Waals surface area (Å²) in [4.78, 5) is 25.1. The highest BCUT2D eigenvalue weighted by molar-refractivity contribution is 5.83. The lowest BCUT2D eigenvalue weighted by Crippen LogP contribution is -2.46. The number of carboxylic acid groups (broad SMARTS) is 1. The fraction of sp³-hybridized carbons (Fsp3) is 0.467. The summed E-state index contributed by atoms with van der Waals surface area (Å²) in [5.74, 6) is -0.511. The van der Waals surface area contributed by atoms with Crippen molar-refractivity contribution in [1.29, 1.82) is 0 Å². The molecular formula is C15H20N2O3. The van der Waals surface area contributed by atoms with Crippen molar-refractivity contribution in [3.8, 4) is 0 Å². The van der Waals surface area contributed by atoms with Crippen LogP contribution in [0.3, 0.4) is 0 Å². The third kappa shape index (κ3) is 3.29. The van der Waals surface area contributed by atoms with Crippen molar-refractivity contribution in [3.05, 3.63) is 35.9 Å². The first-order valence-electron chi connectivity index (χ1n) is 6.81. The quantitative estimate of drug-likeness (QED) is 0.866. The summed E-state index contributed by atoms with van der Waals surface area (Å²) in [5, 5.41) is 11.9. The zero-order valence-corrected chi connectivity index (χ0v) is 11.7. The van der Waals surface area contributed by atoms with Gasteiger partial charge in [-0.15, -0.1) is 0 Å². The molecule has 0 saturated heterocycles. The number of carbonyl (C=O) groups is 2. The lowest BCUT2D eigenvalue weighted by Gasteiger charge is -2.27. The lowest BCUT2D eigenvalue weighted by molar-refractivity contribution is -0.139. The highest BCUT2D eigenvalue weighted by Gasteiger charge is 2.33. The maximum Gasteiger partial charge on any atom is 0.330 e. The fourth-order valence-corrected chi connectivity index (χ4v) is 2.24. The molecule has 1 aliphatic rings. The predicted molar refractivity (Wildman–Crippen MR) is 75.3 cm³/mol. The Hall–Kier alpha value is -2.04. The molecule has 1 aromatic carbocycles. The number of carbonyl (C=O) groups excluding carboxylic acids is 1. The number of hydrogen-bond acceptors (Lipinski definition) is 2. The van der Waals surface area contributed by atoms with Crippen LogP contribution in [0.1, 0.15) is 31.4 Å². The molecule has 0 radical (unpaired) electrons. The van der Waals surface area contributed by atoms with Crippen LogP contribution in [0.15, 0.2) is 30.3 Å². The average molecular weight is 276 g/mol. The zero-order valence-electron chi connectivity index (χ0n) is 11.7. The van der Waals surface area contributed by atoms with Crippen LogP contribution in [-0.2, 0) is 4.79 Å². The fourth-order valence-electron chi connectivity index (χ4n) is 2.24. The molecule has 1 aliphatic carbocycles. The van der Waals surface area contributed by atoms with Crippen LogP contribution < -0.4 is 5.32 Å². The predicted octanol–water partition coefficient (Wildman–Crippen LogP) is 2.25. The van der Waals surface area contributed by atoms with Gasteiger partial charge in [0.25, 0.3) is 0 Å². The summed E-state index contributed by atoms with van der Waals surface area (Å²) in [6, 6.07) is 7.50. The van der Waals surface area contributed by atoms with Crippen molar-refractivity contribution in [1.82, 2.24) is 10.2 Å². The molecule has 0 heterocycles. The summed E-state index contributed by atoms with van der Waals surface area (Å²) < 4.78 is 0. The van der Waals surface area contributed by atoms with Gasteiger partial charge in [0, 0.05) is 13.1 Å². The monoisotopic (exact) mass is 276 g/mol. The van der Waals surface area contributed by atoms with Crippen molar-refractivity contribution in [3.63, 3.8) is 0 Å². The largest absolute Gasteiger partial charge is 0.479 e. The summed E-state index contributed by atoms with van der Waals surface area (Å²) in [6.07, 6.45) is 2.28. The third-order valence-corrected chi connectivity index (χ3v) is 3.88. The van der Waals surface area contributed by atoms with Gasteiger partial charge in [0.2, 0.25) is 0 Å². The molecule has 2 rings (SSSR count). The van der Waals surface area contributed by atoms with E-state index < -0.39 is 12.0 Å². The second-order valence-electron chi connectivity index (χ2n) is 5.32. The Bertz CT molecular complexity index is 485. The Kier molecular flexibility index (Phi) is 4.27. The molecule has 1 aromatic rings. The Morgan fingerprint density at radius 2 is 1.90 bits per heavy atom. The molecule has 0 aliphatic heterocycles. The highest BCUT2D eigenvalue weighted by atomic mass is 16.4. The van der Waals surface area contributed by atoms with E-state index >= 15 is 0 Å². The molecule has 1 saturated carbocycles. The first-order chi connectivity index (χ1) is 9.50. The van der Waals surface area contributed by atoms with Crippen LogP contribution in [0.2, 0.25) is 0 Å². The number of carboxylic acids is 1. The van der Waals surface area contributed by atoms with Crippen LogP contribution in [0, 0.1) is 5.92 Å². The molecule has 5 heteroatoms. The van der Waals surface area contributed by atoms with E-state index in [0.29, 0.717) is 11.5 Å². The molecule has 1 fully saturated rings. The van der Waals surface area contributed by atoms with Crippen LogP contribution in [0.4, 0.5) is 4.79 Å². The topological polar surface area (TPSA) is 69.6 Å². The molecule has 0 aromatic heterocycles. The van der Waals surface area contributed by atoms with Gasteiger partial charge in [0.1, 0.15) is 0 Å². The summed E-state index contributed by atoms with van der Waals surface area (Å²) >= 11 is 0. The standard InChI is InChI=1S/C15H20N2O3/c1-10(11-8-9-11)17(2)15(20)16-13(14(18)19)12-6-4-3-5-7-12/h3-7,10-11,13H,8-9H2,1-2H3,(H,16,20)(H,18,19)/t10?,13-/m1/s1. The maximum atomic E-state index is 12.2. The van der Waals surface area contributed by atoms with Gasteiger partial charge in [-0.3, -0.25) is 0 Å². The van der Waals surface area contributed by atoms with Crippen LogP contribution in [0.25, 0.3) is 0 Å². The second-order valence-corrected chi connectivity index (χ2v) is 5.32. The Labute approximate surface area is 118 Å². The number of amides is 2. The molecule has 5 nitrogen and oxygen atoms in total. The lowest BCUT2D eigenvalue weighted by atomic mass is 10.1. The van der Waals surface area contributed by atoms with Gasteiger partial charge in [-0.2, -0.15) is 0 Å². The third-order valence-electron chi connectivity index (χ3n) is 3.88. The van der Waals surface area contributed by atoms with Crippen molar-refractivity contribution in [2.24, 2.45) is 5.92 Å². The van der Waals surface area contributed by atoms with Gasteiger partial charge in [0.15, 0.2) is 6.04 Å². The van der Waals surface area contributed by atoms with Gasteiger partial charge in [-0.25, -0.2) is 9.59 Å². The molecule has 2 N–H and O–H groups in total. The molecule has 0 spiro atoms. The normalized spacial score (nSPS) is 17.1. The second kappa shape index (κ2) is 5.94. The number of urea groups is 1. The van der Waals surface area contributed by atoms with E-state index in [1.54, 1.807) is 36.2 Å². The highest BCUT2D eigenvalue weighted by Crippen LogP contribution is 2.34. The summed E-state index contributed by atoms with van der Waals surface area (Å²) in [5.41, 5.74) is 0.570. The van der Waals surface area contributed by atoms with Crippen LogP contribution in [0.5, 0.6) is 0 Å². The van der Waals surface area contributed by atoms with E-state index in [4.69, 9.17) is 0 Å². The van der Waals surface area contributed by atoms with Crippen molar-refractivity contribution >= 4 is 12.0 Å². The van der Waals surface area contributed by atoms with Crippen LogP contribution >= 0.6 is 0 Å². The van der Waals surface area contributed by atoms with Gasteiger partial charge >= 0.3 is 12.0 Å². The van der Waals surface area contributed by atoms with E-state index in [9.17, 15) is 14.7 Å². The Morgan fingerprint density at radius 1 is 1.30 bits per heavy atom. The van der Waals surface area contributed by atoms with Gasteiger partial charge in [0.05, 0.1) is 0 Å². The van der Waals surface area contributed by atoms with Crippen LogP contribution in [-0.4, -0.2) is 35.1 Å². The number of hydrogen-bond donors (Lipinski definition) is 2. The SMILES string of the molecule is CC(C1CC1)N(C)C(=O)N[C@@H](C(=O)O)c1ccccc1. The molecule has 1 unspecified atom stereocenters. The number of nitrogens with zero attached hydrogens (tertiary/aromatic N) is 1. The van der Waals surface area contributed by atoms with Crippen molar-refractivity contribution in [2.45, 2.75) is 31.8 Å². The van der Waals surface area contributed by atoms with Gasteiger partial charge in [-0.1, -0.05) is 30.3 Å². The number of aliphatic carboxylic acids is 1. The first-order valence-corrected chi connectivity index (χ1v) is 6.81. The molecule has 2 atom stereocenters. The van der Waals surface area contributed by atoms with Gasteiger partial charge < -0.3 is 15.3 Å². The van der Waals surface area contributed by atoms with E-state index in [-0.39, 0.29) is 12.1 Å². The molecule has 20 heavy (non-hydrogen) atoms. The minimum absolute atomic E-state index is 0.139. The van der Waals surface area contributed by atoms with Gasteiger partial charge in [-0.05, 0) is 31.2 Å². The minimum Gasteiger partial charge on any atom is -0.479 e. The summed E-state index contributed by atoms with van der Waals surface area (Å²) in [7, 11) is 1.71. The molecule has 108 valence electrons. The first kappa shape index (κ1) is 14.4. The minimum atomic E-state index is -1.06. The zero-order chi connectivity index (χ0) is 14.7. The van der Waals surface area contributed by atoms with E-state index in [1.165, 1.54) is 0 Å². The van der Waals surface area contributed by atoms with E-state index in [0.717, 1.165) is 12.8 Å². The van der Waals surface area contributed by atoms with Crippen molar-refractivity contribution < 1.29 is 14.7 Å². The summed E-state index contributed by atoms with van der Waals surface area (Å²) in [6.45, 7) is 2.00. The Morgan fingerprint density at radius 3 is 2.40 bits per heavy atom. The number of benzene rings is 1. The molecule has 2 amide bonds. The Balaban J connectivity index is 2.04.